The van der Waals surface area contributed by atoms with Crippen LogP contribution in [0.25, 0.3) is 0 Å². The van der Waals surface area contributed by atoms with Crippen LogP contribution in [0.5, 0.6) is 0 Å². The van der Waals surface area contributed by atoms with Gasteiger partial charge < -0.3 is 10.8 Å². The summed E-state index contributed by atoms with van der Waals surface area (Å²) in [7, 11) is -3.39. The molecule has 0 fully saturated rings. The summed E-state index contributed by atoms with van der Waals surface area (Å²) < 4.78 is 23.5. The van der Waals surface area contributed by atoms with Crippen molar-refractivity contribution in [3.8, 4) is 0 Å². The molecule has 1 aromatic carbocycles. The Morgan fingerprint density at radius 3 is 2.59 bits per heavy atom. The highest BCUT2D eigenvalue weighted by Gasteiger charge is 2.30. The number of aliphatic hydroxyl groups excluding tert-OH is 1. The second-order valence-electron chi connectivity index (χ2n) is 3.75. The quantitative estimate of drug-likeness (QED) is 0.846. The Morgan fingerprint density at radius 1 is 1.47 bits per heavy atom. The third kappa shape index (κ3) is 3.42. The van der Waals surface area contributed by atoms with Gasteiger partial charge in [-0.2, -0.15) is 0 Å². The smallest absolute Gasteiger partial charge is 0.157 e. The van der Waals surface area contributed by atoms with Crippen LogP contribution in [0, 0.1) is 0 Å². The van der Waals surface area contributed by atoms with Gasteiger partial charge in [-0.3, -0.25) is 0 Å². The minimum Gasteiger partial charge on any atom is -0.395 e. The lowest BCUT2D eigenvalue weighted by Gasteiger charge is -2.22. The van der Waals surface area contributed by atoms with Gasteiger partial charge in [0.2, 0.25) is 0 Å². The van der Waals surface area contributed by atoms with Gasteiger partial charge in [-0.15, -0.1) is 0 Å². The average molecular weight is 278 g/mol. The van der Waals surface area contributed by atoms with Gasteiger partial charge in [0.1, 0.15) is 5.25 Å². The molecule has 0 heterocycles. The summed E-state index contributed by atoms with van der Waals surface area (Å²) in [4.78, 5) is 0. The summed E-state index contributed by atoms with van der Waals surface area (Å²) >= 11 is 5.82. The summed E-state index contributed by atoms with van der Waals surface area (Å²) in [6.07, 6.45) is 0. The number of sulfone groups is 1. The third-order valence-corrected chi connectivity index (χ3v) is 5.08. The SMILES string of the molecule is CCS(=O)(=O)C(CO)C(N)c1cccc(Cl)c1. The predicted molar refractivity (Wildman–Crippen MR) is 68.7 cm³/mol. The molecule has 0 bridgehead atoms. The van der Waals surface area contributed by atoms with E-state index in [4.69, 9.17) is 17.3 Å². The molecule has 0 saturated heterocycles. The van der Waals surface area contributed by atoms with E-state index in [1.807, 2.05) is 0 Å². The second kappa shape index (κ2) is 5.82. The zero-order valence-corrected chi connectivity index (χ0v) is 11.1. The van der Waals surface area contributed by atoms with Crippen molar-refractivity contribution in [2.75, 3.05) is 12.4 Å². The Balaban J connectivity index is 3.06. The van der Waals surface area contributed by atoms with Crippen molar-refractivity contribution in [3.05, 3.63) is 34.9 Å². The molecule has 0 saturated carbocycles. The molecule has 4 nitrogen and oxygen atoms in total. The molecule has 6 heteroatoms. The standard InChI is InChI=1S/C11H16ClNO3S/c1-2-17(15,16)10(7-14)11(13)8-4-3-5-9(12)6-8/h3-6,10-11,14H,2,7,13H2,1H3. The first-order valence-electron chi connectivity index (χ1n) is 5.25. The molecular weight excluding hydrogens is 262 g/mol. The number of hydrogen-bond donors (Lipinski definition) is 2. The van der Waals surface area contributed by atoms with Crippen molar-refractivity contribution in [3.63, 3.8) is 0 Å². The van der Waals surface area contributed by atoms with Gasteiger partial charge in [-0.05, 0) is 17.7 Å². The number of nitrogens with two attached hydrogens (primary N) is 1. The van der Waals surface area contributed by atoms with Crippen molar-refractivity contribution >= 4 is 21.4 Å². The van der Waals surface area contributed by atoms with E-state index in [1.165, 1.54) is 6.92 Å². The Morgan fingerprint density at radius 2 is 2.12 bits per heavy atom. The Labute approximate surface area is 106 Å². The van der Waals surface area contributed by atoms with Gasteiger partial charge in [0, 0.05) is 16.8 Å². The molecule has 3 N–H and O–H groups in total. The summed E-state index contributed by atoms with van der Waals surface area (Å²) in [5.74, 6) is -0.0491. The van der Waals surface area contributed by atoms with E-state index >= 15 is 0 Å². The van der Waals surface area contributed by atoms with Crippen LogP contribution in [0.15, 0.2) is 24.3 Å². The highest BCUT2D eigenvalue weighted by molar-refractivity contribution is 7.92. The zero-order valence-electron chi connectivity index (χ0n) is 9.51. The molecule has 0 aromatic heterocycles. The maximum Gasteiger partial charge on any atom is 0.157 e. The Bertz CT molecular complexity index is 475. The lowest BCUT2D eigenvalue weighted by Crippen LogP contribution is -2.37. The third-order valence-electron chi connectivity index (χ3n) is 2.68. The van der Waals surface area contributed by atoms with E-state index in [0.29, 0.717) is 10.6 Å². The van der Waals surface area contributed by atoms with Crippen LogP contribution >= 0.6 is 11.6 Å². The van der Waals surface area contributed by atoms with Gasteiger partial charge in [0.05, 0.1) is 6.61 Å². The normalized spacial score (nSPS) is 15.5. The van der Waals surface area contributed by atoms with Gasteiger partial charge >= 0.3 is 0 Å². The fourth-order valence-corrected chi connectivity index (χ4v) is 3.05. The van der Waals surface area contributed by atoms with Crippen LogP contribution in [0.4, 0.5) is 0 Å². The van der Waals surface area contributed by atoms with Crippen LogP contribution in [0.2, 0.25) is 5.02 Å². The maximum absolute atomic E-state index is 11.8. The van der Waals surface area contributed by atoms with Crippen LogP contribution < -0.4 is 5.73 Å². The van der Waals surface area contributed by atoms with Crippen molar-refractivity contribution in [1.29, 1.82) is 0 Å². The molecule has 1 rings (SSSR count). The molecule has 0 radical (unpaired) electrons. The van der Waals surface area contributed by atoms with E-state index in [0.717, 1.165) is 0 Å². The van der Waals surface area contributed by atoms with Crippen molar-refractivity contribution in [2.24, 2.45) is 5.73 Å². The molecule has 0 spiro atoms. The molecule has 2 atom stereocenters. The summed E-state index contributed by atoms with van der Waals surface area (Å²) in [6, 6.07) is 5.92. The fraction of sp³-hybridized carbons (Fsp3) is 0.455. The topological polar surface area (TPSA) is 80.4 Å². The first kappa shape index (κ1) is 14.4. The van der Waals surface area contributed by atoms with Crippen LogP contribution in [0.1, 0.15) is 18.5 Å². The molecular formula is C11H16ClNO3S. The molecule has 17 heavy (non-hydrogen) atoms. The number of hydrogen-bond acceptors (Lipinski definition) is 4. The van der Waals surface area contributed by atoms with Gasteiger partial charge in [0.15, 0.2) is 9.84 Å². The number of rotatable bonds is 5. The number of benzene rings is 1. The monoisotopic (exact) mass is 277 g/mol. The number of halogens is 1. The van der Waals surface area contributed by atoms with Crippen LogP contribution in [-0.4, -0.2) is 31.1 Å². The molecule has 0 aliphatic carbocycles. The lowest BCUT2D eigenvalue weighted by molar-refractivity contribution is 0.277. The van der Waals surface area contributed by atoms with Crippen molar-refractivity contribution in [1.82, 2.24) is 0 Å². The van der Waals surface area contributed by atoms with Crippen molar-refractivity contribution < 1.29 is 13.5 Å². The highest BCUT2D eigenvalue weighted by Crippen LogP contribution is 2.22. The average Bonchev–Trinajstić information content (AvgIpc) is 2.29. The van der Waals surface area contributed by atoms with Crippen molar-refractivity contribution in [2.45, 2.75) is 18.2 Å². The second-order valence-corrected chi connectivity index (χ2v) is 6.70. The molecule has 2 unspecified atom stereocenters. The molecule has 0 aliphatic rings. The summed E-state index contributed by atoms with van der Waals surface area (Å²) in [6.45, 7) is 1.03. The van der Waals surface area contributed by atoms with Crippen LogP contribution in [0.3, 0.4) is 0 Å². The van der Waals surface area contributed by atoms with Gasteiger partial charge in [-0.1, -0.05) is 30.7 Å². The highest BCUT2D eigenvalue weighted by atomic mass is 35.5. The lowest BCUT2D eigenvalue weighted by atomic mass is 10.1. The van der Waals surface area contributed by atoms with Gasteiger partial charge in [0.25, 0.3) is 0 Å². The van der Waals surface area contributed by atoms with Crippen LogP contribution in [-0.2, 0) is 9.84 Å². The Kier molecular flexibility index (Phi) is 4.94. The zero-order chi connectivity index (χ0) is 13.1. The van der Waals surface area contributed by atoms with E-state index in [-0.39, 0.29) is 5.75 Å². The van der Waals surface area contributed by atoms with E-state index in [2.05, 4.69) is 0 Å². The van der Waals surface area contributed by atoms with E-state index < -0.39 is 27.7 Å². The Hall–Kier alpha value is -0.620. The number of aliphatic hydroxyl groups is 1. The fourth-order valence-electron chi connectivity index (χ4n) is 1.59. The van der Waals surface area contributed by atoms with Gasteiger partial charge in [-0.25, -0.2) is 8.42 Å². The molecule has 0 aliphatic heterocycles. The molecule has 0 amide bonds. The van der Waals surface area contributed by atoms with E-state index in [1.54, 1.807) is 24.3 Å². The minimum absolute atomic E-state index is 0.0491. The maximum atomic E-state index is 11.8. The largest absolute Gasteiger partial charge is 0.395 e. The molecule has 96 valence electrons. The summed E-state index contributed by atoms with van der Waals surface area (Å²) in [5, 5.41) is 8.70. The first-order valence-corrected chi connectivity index (χ1v) is 7.35. The minimum atomic E-state index is -3.39. The first-order chi connectivity index (χ1) is 7.92. The van der Waals surface area contributed by atoms with E-state index in [9.17, 15) is 13.5 Å². The summed E-state index contributed by atoms with van der Waals surface area (Å²) in [5.41, 5.74) is 6.49. The predicted octanol–water partition coefficient (Wildman–Crippen LogP) is 1.14. The molecule has 1 aromatic rings.